The Labute approximate surface area is 127 Å². The summed E-state index contributed by atoms with van der Waals surface area (Å²) in [6.07, 6.45) is 2.35. The van der Waals surface area contributed by atoms with E-state index in [1.807, 2.05) is 6.92 Å². The predicted octanol–water partition coefficient (Wildman–Crippen LogP) is 1.61. The van der Waals surface area contributed by atoms with Gasteiger partial charge in [0.1, 0.15) is 10.7 Å². The lowest BCUT2D eigenvalue weighted by atomic mass is 10.4. The van der Waals surface area contributed by atoms with Gasteiger partial charge in [-0.2, -0.15) is 0 Å². The summed E-state index contributed by atoms with van der Waals surface area (Å²) in [6.45, 7) is 3.55. The molecular formula is C12H19BrN2O4S. The fraction of sp³-hybridized carbons (Fsp3) is 0.667. The Hall–Kier alpha value is -0.410. The van der Waals surface area contributed by atoms with Crippen molar-refractivity contribution in [2.75, 3.05) is 19.8 Å². The SMILES string of the molecule is CCOCCNS(=O)(=O)c1cc(CNC2CC2)oc1Br. The second kappa shape index (κ2) is 7.04. The highest BCUT2D eigenvalue weighted by Crippen LogP contribution is 2.27. The molecule has 0 atom stereocenters. The molecule has 1 saturated carbocycles. The molecule has 1 aromatic heterocycles. The Morgan fingerprint density at radius 2 is 2.25 bits per heavy atom. The van der Waals surface area contributed by atoms with Crippen LogP contribution in [0.1, 0.15) is 25.5 Å². The maximum absolute atomic E-state index is 12.1. The Bertz CT molecular complexity index is 540. The van der Waals surface area contributed by atoms with Crippen LogP contribution in [-0.2, 0) is 21.3 Å². The molecule has 1 fully saturated rings. The Morgan fingerprint density at radius 1 is 1.50 bits per heavy atom. The minimum atomic E-state index is -3.57. The lowest BCUT2D eigenvalue weighted by Crippen LogP contribution is -2.27. The minimum absolute atomic E-state index is 0.126. The van der Waals surface area contributed by atoms with Gasteiger partial charge in [-0.25, -0.2) is 13.1 Å². The number of hydrogen-bond donors (Lipinski definition) is 2. The lowest BCUT2D eigenvalue weighted by molar-refractivity contribution is 0.153. The van der Waals surface area contributed by atoms with Gasteiger partial charge in [-0.15, -0.1) is 0 Å². The molecule has 8 heteroatoms. The van der Waals surface area contributed by atoms with Crippen molar-refractivity contribution in [1.29, 1.82) is 0 Å². The molecular weight excluding hydrogens is 348 g/mol. The molecule has 2 rings (SSSR count). The fourth-order valence-electron chi connectivity index (χ4n) is 1.67. The molecule has 0 spiro atoms. The van der Waals surface area contributed by atoms with Crippen LogP contribution >= 0.6 is 15.9 Å². The molecule has 0 saturated heterocycles. The predicted molar refractivity (Wildman–Crippen MR) is 78.0 cm³/mol. The van der Waals surface area contributed by atoms with Crippen LogP contribution < -0.4 is 10.0 Å². The minimum Gasteiger partial charge on any atom is -0.452 e. The average molecular weight is 367 g/mol. The maximum atomic E-state index is 12.1. The summed E-state index contributed by atoms with van der Waals surface area (Å²) >= 11 is 3.15. The van der Waals surface area contributed by atoms with Crippen LogP contribution in [0.15, 0.2) is 20.0 Å². The third kappa shape index (κ3) is 4.56. The van der Waals surface area contributed by atoms with Crippen LogP contribution in [0.25, 0.3) is 0 Å². The van der Waals surface area contributed by atoms with Gasteiger partial charge in [-0.05, 0) is 35.7 Å². The summed E-state index contributed by atoms with van der Waals surface area (Å²) in [6, 6.07) is 2.09. The summed E-state index contributed by atoms with van der Waals surface area (Å²) in [5.41, 5.74) is 0. The van der Waals surface area contributed by atoms with Crippen LogP contribution in [-0.4, -0.2) is 34.2 Å². The average Bonchev–Trinajstić information content (AvgIpc) is 3.15. The van der Waals surface area contributed by atoms with Gasteiger partial charge in [-0.3, -0.25) is 0 Å². The molecule has 1 heterocycles. The number of sulfonamides is 1. The first-order valence-electron chi connectivity index (χ1n) is 6.62. The van der Waals surface area contributed by atoms with Crippen LogP contribution in [0.2, 0.25) is 0 Å². The van der Waals surface area contributed by atoms with Gasteiger partial charge in [0, 0.05) is 25.3 Å². The van der Waals surface area contributed by atoms with E-state index in [1.54, 1.807) is 6.07 Å². The van der Waals surface area contributed by atoms with Crippen molar-refractivity contribution >= 4 is 26.0 Å². The zero-order valence-corrected chi connectivity index (χ0v) is 13.7. The quantitative estimate of drug-likeness (QED) is 0.649. The van der Waals surface area contributed by atoms with Gasteiger partial charge in [0.2, 0.25) is 10.0 Å². The zero-order valence-electron chi connectivity index (χ0n) is 11.3. The van der Waals surface area contributed by atoms with Crippen molar-refractivity contribution in [3.63, 3.8) is 0 Å². The molecule has 1 aliphatic rings. The van der Waals surface area contributed by atoms with Crippen molar-refractivity contribution in [3.8, 4) is 0 Å². The number of ether oxygens (including phenoxy) is 1. The molecule has 0 radical (unpaired) electrons. The monoisotopic (exact) mass is 366 g/mol. The van der Waals surface area contributed by atoms with E-state index in [4.69, 9.17) is 9.15 Å². The number of halogens is 1. The van der Waals surface area contributed by atoms with Gasteiger partial charge < -0.3 is 14.5 Å². The highest BCUT2D eigenvalue weighted by molar-refractivity contribution is 9.10. The molecule has 0 amide bonds. The number of rotatable bonds is 9. The van der Waals surface area contributed by atoms with E-state index in [2.05, 4.69) is 26.0 Å². The third-order valence-electron chi connectivity index (χ3n) is 2.88. The van der Waals surface area contributed by atoms with E-state index >= 15 is 0 Å². The molecule has 0 unspecified atom stereocenters. The van der Waals surface area contributed by atoms with Crippen molar-refractivity contribution in [2.45, 2.75) is 37.2 Å². The van der Waals surface area contributed by atoms with Crippen molar-refractivity contribution in [3.05, 3.63) is 16.5 Å². The summed E-state index contributed by atoms with van der Waals surface area (Å²) < 4.78 is 37.4. The van der Waals surface area contributed by atoms with Crippen LogP contribution in [0, 0.1) is 0 Å². The Balaban J connectivity index is 1.94. The first-order valence-corrected chi connectivity index (χ1v) is 8.89. The second-order valence-corrected chi connectivity index (χ2v) is 7.06. The summed E-state index contributed by atoms with van der Waals surface area (Å²) in [5.74, 6) is 0.606. The van der Waals surface area contributed by atoms with Crippen molar-refractivity contribution < 1.29 is 17.6 Å². The standard InChI is InChI=1S/C12H19BrN2O4S/c1-2-18-6-5-15-20(16,17)11-7-10(19-12(11)13)8-14-9-3-4-9/h7,9,14-15H,2-6,8H2,1H3. The molecule has 0 aliphatic heterocycles. The van der Waals surface area contributed by atoms with Gasteiger partial charge in [0.05, 0.1) is 13.2 Å². The molecule has 0 aromatic carbocycles. The zero-order chi connectivity index (χ0) is 14.6. The lowest BCUT2D eigenvalue weighted by Gasteiger charge is -2.04. The maximum Gasteiger partial charge on any atom is 0.245 e. The fourth-order valence-corrected chi connectivity index (χ4v) is 3.68. The normalized spacial score (nSPS) is 15.7. The topological polar surface area (TPSA) is 80.6 Å². The van der Waals surface area contributed by atoms with Gasteiger partial charge in [0.15, 0.2) is 4.67 Å². The second-order valence-electron chi connectivity index (χ2n) is 4.60. The number of hydrogen-bond acceptors (Lipinski definition) is 5. The first-order chi connectivity index (χ1) is 9.53. The van der Waals surface area contributed by atoms with E-state index in [9.17, 15) is 8.42 Å². The molecule has 1 aliphatic carbocycles. The van der Waals surface area contributed by atoms with Crippen molar-refractivity contribution in [2.24, 2.45) is 0 Å². The molecule has 2 N–H and O–H groups in total. The molecule has 1 aromatic rings. The Kier molecular flexibility index (Phi) is 5.62. The van der Waals surface area contributed by atoms with Gasteiger partial charge >= 0.3 is 0 Å². The van der Waals surface area contributed by atoms with E-state index in [0.29, 0.717) is 31.6 Å². The molecule has 6 nitrogen and oxygen atoms in total. The first kappa shape index (κ1) is 16.0. The highest BCUT2D eigenvalue weighted by Gasteiger charge is 2.24. The van der Waals surface area contributed by atoms with E-state index in [1.165, 1.54) is 12.8 Å². The third-order valence-corrected chi connectivity index (χ3v) is 5.20. The van der Waals surface area contributed by atoms with E-state index in [-0.39, 0.29) is 16.1 Å². The Morgan fingerprint density at radius 3 is 2.90 bits per heavy atom. The highest BCUT2D eigenvalue weighted by atomic mass is 79.9. The number of nitrogens with one attached hydrogen (secondary N) is 2. The molecule has 114 valence electrons. The van der Waals surface area contributed by atoms with E-state index < -0.39 is 10.0 Å². The van der Waals surface area contributed by atoms with Gasteiger partial charge in [0.25, 0.3) is 0 Å². The molecule has 20 heavy (non-hydrogen) atoms. The van der Waals surface area contributed by atoms with Crippen LogP contribution in [0.5, 0.6) is 0 Å². The van der Waals surface area contributed by atoms with E-state index in [0.717, 1.165) is 0 Å². The largest absolute Gasteiger partial charge is 0.452 e. The number of furan rings is 1. The van der Waals surface area contributed by atoms with Gasteiger partial charge in [-0.1, -0.05) is 0 Å². The molecule has 0 bridgehead atoms. The smallest absolute Gasteiger partial charge is 0.245 e. The van der Waals surface area contributed by atoms with Crippen LogP contribution in [0.3, 0.4) is 0 Å². The van der Waals surface area contributed by atoms with Crippen molar-refractivity contribution in [1.82, 2.24) is 10.0 Å². The summed E-state index contributed by atoms with van der Waals surface area (Å²) in [5, 5.41) is 3.27. The summed E-state index contributed by atoms with van der Waals surface area (Å²) in [7, 11) is -3.57. The van der Waals surface area contributed by atoms with Crippen LogP contribution in [0.4, 0.5) is 0 Å². The summed E-state index contributed by atoms with van der Waals surface area (Å²) in [4.78, 5) is 0.126.